The minimum atomic E-state index is -3.69. The summed E-state index contributed by atoms with van der Waals surface area (Å²) in [6.07, 6.45) is 0. The zero-order chi connectivity index (χ0) is 14.8. The molecule has 3 nitrogen and oxygen atoms in total. The number of benzene rings is 2. The normalized spacial score (nSPS) is 11.8. The maximum absolute atomic E-state index is 12.8. The zero-order valence-electron chi connectivity index (χ0n) is 10.8. The largest absolute Gasteiger partial charge is 0.243 e. The fourth-order valence-corrected chi connectivity index (χ4v) is 2.88. The Balaban J connectivity index is 2.21. The third-order valence-electron chi connectivity index (χ3n) is 2.84. The van der Waals surface area contributed by atoms with Gasteiger partial charge in [-0.05, 0) is 42.0 Å². The van der Waals surface area contributed by atoms with Crippen LogP contribution in [0.2, 0.25) is 0 Å². The number of hydrogen-bond donors (Lipinski definition) is 0. The van der Waals surface area contributed by atoms with Crippen molar-refractivity contribution >= 4 is 10.0 Å². The first-order valence-electron chi connectivity index (χ1n) is 5.86. The number of hydrogen-bond acceptors (Lipinski definition) is 2. The lowest BCUT2D eigenvalue weighted by Gasteiger charge is -2.17. The standard InChI is InChI=1S/C14H13F2NO2S/c1-17(10-11-2-4-12(15)5-3-11)20(18,19)14-8-6-13(16)7-9-14/h2-9H,10H2,1H3. The molecule has 0 unspecified atom stereocenters. The van der Waals surface area contributed by atoms with Crippen LogP contribution in [0.4, 0.5) is 8.78 Å². The molecule has 2 aromatic rings. The smallest absolute Gasteiger partial charge is 0.207 e. The van der Waals surface area contributed by atoms with E-state index in [1.165, 1.54) is 43.4 Å². The molecule has 0 bridgehead atoms. The highest BCUT2D eigenvalue weighted by molar-refractivity contribution is 7.89. The van der Waals surface area contributed by atoms with E-state index in [0.29, 0.717) is 5.56 Å². The van der Waals surface area contributed by atoms with Gasteiger partial charge in [-0.25, -0.2) is 17.2 Å². The summed E-state index contributed by atoms with van der Waals surface area (Å²) in [6.45, 7) is 0.111. The maximum Gasteiger partial charge on any atom is 0.243 e. The van der Waals surface area contributed by atoms with Crippen molar-refractivity contribution in [1.29, 1.82) is 0 Å². The van der Waals surface area contributed by atoms with Crippen molar-refractivity contribution in [2.24, 2.45) is 0 Å². The van der Waals surface area contributed by atoms with Crippen molar-refractivity contribution < 1.29 is 17.2 Å². The monoisotopic (exact) mass is 297 g/mol. The highest BCUT2D eigenvalue weighted by atomic mass is 32.2. The molecule has 0 N–H and O–H groups in total. The Morgan fingerprint density at radius 3 is 1.85 bits per heavy atom. The van der Waals surface area contributed by atoms with Crippen LogP contribution in [0.3, 0.4) is 0 Å². The number of halogens is 2. The second kappa shape index (κ2) is 5.68. The number of rotatable bonds is 4. The first-order chi connectivity index (χ1) is 9.39. The average molecular weight is 297 g/mol. The van der Waals surface area contributed by atoms with E-state index < -0.39 is 15.8 Å². The minimum absolute atomic E-state index is 0.0171. The molecule has 2 aromatic carbocycles. The predicted octanol–water partition coefficient (Wildman–Crippen LogP) is 2.79. The Morgan fingerprint density at radius 1 is 0.900 bits per heavy atom. The van der Waals surface area contributed by atoms with Crippen molar-refractivity contribution in [2.75, 3.05) is 7.05 Å². The number of nitrogens with zero attached hydrogens (tertiary/aromatic N) is 1. The fraction of sp³-hybridized carbons (Fsp3) is 0.143. The molecular formula is C14H13F2NO2S. The van der Waals surface area contributed by atoms with Crippen LogP contribution in [-0.2, 0) is 16.6 Å². The molecule has 0 atom stereocenters. The Kier molecular flexibility index (Phi) is 4.15. The van der Waals surface area contributed by atoms with E-state index in [1.807, 2.05) is 0 Å². The van der Waals surface area contributed by atoms with Crippen molar-refractivity contribution in [3.05, 3.63) is 65.7 Å². The summed E-state index contributed by atoms with van der Waals surface area (Å²) >= 11 is 0. The fourth-order valence-electron chi connectivity index (χ4n) is 1.72. The third kappa shape index (κ3) is 3.20. The molecule has 20 heavy (non-hydrogen) atoms. The molecule has 0 heterocycles. The van der Waals surface area contributed by atoms with E-state index in [1.54, 1.807) is 0 Å². The van der Waals surface area contributed by atoms with Crippen LogP contribution >= 0.6 is 0 Å². The van der Waals surface area contributed by atoms with Crippen LogP contribution in [0, 0.1) is 11.6 Å². The molecule has 106 valence electrons. The van der Waals surface area contributed by atoms with Gasteiger partial charge in [-0.2, -0.15) is 4.31 Å². The summed E-state index contributed by atoms with van der Waals surface area (Å²) < 4.78 is 51.2. The topological polar surface area (TPSA) is 37.4 Å². The lowest BCUT2D eigenvalue weighted by atomic mass is 10.2. The summed E-state index contributed by atoms with van der Waals surface area (Å²) in [5.41, 5.74) is 0.666. The molecule has 0 aromatic heterocycles. The van der Waals surface area contributed by atoms with E-state index in [0.717, 1.165) is 16.4 Å². The van der Waals surface area contributed by atoms with Crippen molar-refractivity contribution in [1.82, 2.24) is 4.31 Å². The Hall–Kier alpha value is -1.79. The van der Waals surface area contributed by atoms with Gasteiger partial charge in [0, 0.05) is 13.6 Å². The Morgan fingerprint density at radius 2 is 1.35 bits per heavy atom. The molecule has 0 fully saturated rings. The van der Waals surface area contributed by atoms with Crippen LogP contribution in [0.5, 0.6) is 0 Å². The lowest BCUT2D eigenvalue weighted by Crippen LogP contribution is -2.26. The van der Waals surface area contributed by atoms with Crippen molar-refractivity contribution in [3.63, 3.8) is 0 Å². The van der Waals surface area contributed by atoms with Gasteiger partial charge >= 0.3 is 0 Å². The van der Waals surface area contributed by atoms with Crippen LogP contribution < -0.4 is 0 Å². The SMILES string of the molecule is CN(Cc1ccc(F)cc1)S(=O)(=O)c1ccc(F)cc1. The second-order valence-corrected chi connectivity index (χ2v) is 6.39. The molecule has 0 radical (unpaired) electrons. The van der Waals surface area contributed by atoms with E-state index in [9.17, 15) is 17.2 Å². The highest BCUT2D eigenvalue weighted by Gasteiger charge is 2.20. The predicted molar refractivity (Wildman–Crippen MR) is 71.5 cm³/mol. The lowest BCUT2D eigenvalue weighted by molar-refractivity contribution is 0.466. The molecule has 2 rings (SSSR count). The molecule has 0 spiro atoms. The average Bonchev–Trinajstić information content (AvgIpc) is 2.42. The molecule has 0 saturated heterocycles. The van der Waals surface area contributed by atoms with Gasteiger partial charge in [0.2, 0.25) is 10.0 Å². The van der Waals surface area contributed by atoms with Crippen LogP contribution in [0.25, 0.3) is 0 Å². The first-order valence-corrected chi connectivity index (χ1v) is 7.30. The Labute approximate surface area is 116 Å². The maximum atomic E-state index is 12.8. The van der Waals surface area contributed by atoms with E-state index in [2.05, 4.69) is 0 Å². The van der Waals surface area contributed by atoms with Gasteiger partial charge in [0.25, 0.3) is 0 Å². The van der Waals surface area contributed by atoms with Gasteiger partial charge in [-0.15, -0.1) is 0 Å². The summed E-state index contributed by atoms with van der Waals surface area (Å²) in [4.78, 5) is 0.0171. The van der Waals surface area contributed by atoms with Gasteiger partial charge < -0.3 is 0 Å². The third-order valence-corrected chi connectivity index (χ3v) is 4.66. The van der Waals surface area contributed by atoms with Gasteiger partial charge in [-0.3, -0.25) is 0 Å². The Bertz CT molecular complexity index is 682. The van der Waals surface area contributed by atoms with Gasteiger partial charge in [0.1, 0.15) is 11.6 Å². The molecule has 0 saturated carbocycles. The molecule has 0 aliphatic carbocycles. The molecule has 0 amide bonds. The molecule has 0 aliphatic heterocycles. The number of sulfonamides is 1. The van der Waals surface area contributed by atoms with E-state index >= 15 is 0 Å². The summed E-state index contributed by atoms with van der Waals surface area (Å²) in [5.74, 6) is -0.872. The van der Waals surface area contributed by atoms with E-state index in [-0.39, 0.29) is 17.3 Å². The summed E-state index contributed by atoms with van der Waals surface area (Å²) in [7, 11) is -2.27. The van der Waals surface area contributed by atoms with Crippen LogP contribution in [-0.4, -0.2) is 19.8 Å². The highest BCUT2D eigenvalue weighted by Crippen LogP contribution is 2.17. The summed E-state index contributed by atoms with van der Waals surface area (Å²) in [5, 5.41) is 0. The molecule has 0 aliphatic rings. The van der Waals surface area contributed by atoms with Crippen molar-refractivity contribution in [3.8, 4) is 0 Å². The van der Waals surface area contributed by atoms with Crippen LogP contribution in [0.1, 0.15) is 5.56 Å². The van der Waals surface area contributed by atoms with E-state index in [4.69, 9.17) is 0 Å². The second-order valence-electron chi connectivity index (χ2n) is 4.34. The van der Waals surface area contributed by atoms with Gasteiger partial charge in [0.05, 0.1) is 4.90 Å². The van der Waals surface area contributed by atoms with Gasteiger partial charge in [0.15, 0.2) is 0 Å². The van der Waals surface area contributed by atoms with Gasteiger partial charge in [-0.1, -0.05) is 12.1 Å². The first kappa shape index (κ1) is 14.6. The van der Waals surface area contributed by atoms with Crippen LogP contribution in [0.15, 0.2) is 53.4 Å². The molecule has 6 heteroatoms. The van der Waals surface area contributed by atoms with Crippen molar-refractivity contribution in [2.45, 2.75) is 11.4 Å². The quantitative estimate of drug-likeness (QED) is 0.870. The summed E-state index contributed by atoms with van der Waals surface area (Å²) in [6, 6.07) is 10.2. The molecular weight excluding hydrogens is 284 g/mol. The zero-order valence-corrected chi connectivity index (χ0v) is 11.6. The minimum Gasteiger partial charge on any atom is -0.207 e.